The van der Waals surface area contributed by atoms with Crippen molar-refractivity contribution in [2.75, 3.05) is 42.5 Å². The van der Waals surface area contributed by atoms with Crippen LogP contribution < -0.4 is 41.8 Å². The van der Waals surface area contributed by atoms with Gasteiger partial charge >= 0.3 is 12.1 Å². The number of amides is 6. The van der Waals surface area contributed by atoms with Crippen LogP contribution in [0.15, 0.2) is 97.3 Å². The Bertz CT molecular complexity index is 2590. The standard InChI is InChI=1S/C22H22N4O4S.C21H20N4O4S/c1-13-8-9-17(16(10-13)20(28)15-6-4-5-7-18(15)30-3)25-21(29)26-22-24-12-14(31-22)11-19(27)23-2;1-12-7-8-16(15(9-12)19(27)14-5-3-4-6-17(14)29-2)24-20(28)25-21-23-11-13(30-21)10-18(22)26/h4-10,12H,11H2,1-3H3,(H,23,27)(H2,24,25,26,29);3-9,11H,10H2,1-2H3,(H2,22,26)(H2,23,24,25,28). The van der Waals surface area contributed by atoms with Crippen LogP contribution in [-0.4, -0.2) is 66.7 Å². The minimum Gasteiger partial charge on any atom is -0.496 e. The van der Waals surface area contributed by atoms with E-state index in [1.54, 1.807) is 92.0 Å². The number of hydrogen-bond donors (Lipinski definition) is 6. The monoisotopic (exact) mass is 862 g/mol. The van der Waals surface area contributed by atoms with Gasteiger partial charge in [-0.05, 0) is 62.4 Å². The molecule has 0 saturated heterocycles. The molecule has 6 aromatic rings. The molecular formula is C43H42N8O8S2. The third-order valence-electron chi connectivity index (χ3n) is 8.55. The predicted molar refractivity (Wildman–Crippen MR) is 235 cm³/mol. The zero-order valence-corrected chi connectivity index (χ0v) is 35.3. The van der Waals surface area contributed by atoms with Gasteiger partial charge in [0.05, 0.1) is 49.6 Å². The summed E-state index contributed by atoms with van der Waals surface area (Å²) in [4.78, 5) is 83.3. The van der Waals surface area contributed by atoms with Crippen molar-refractivity contribution in [3.8, 4) is 11.5 Å². The number of nitrogens with two attached hydrogens (primary N) is 1. The van der Waals surface area contributed by atoms with Gasteiger partial charge in [-0.1, -0.05) is 47.5 Å². The molecule has 16 nitrogen and oxygen atoms in total. The lowest BCUT2D eigenvalue weighted by Gasteiger charge is -2.13. The number of benzene rings is 4. The summed E-state index contributed by atoms with van der Waals surface area (Å²) in [6, 6.07) is 23.1. The van der Waals surface area contributed by atoms with Crippen molar-refractivity contribution in [1.29, 1.82) is 0 Å². The smallest absolute Gasteiger partial charge is 0.325 e. The molecule has 0 bridgehead atoms. The maximum absolute atomic E-state index is 13.2. The van der Waals surface area contributed by atoms with E-state index in [-0.39, 0.29) is 30.3 Å². The van der Waals surface area contributed by atoms with Crippen molar-refractivity contribution >= 4 is 79.8 Å². The Hall–Kier alpha value is -7.44. The lowest BCUT2D eigenvalue weighted by Crippen LogP contribution is -2.21. The summed E-state index contributed by atoms with van der Waals surface area (Å²) in [6.45, 7) is 3.73. The minimum atomic E-state index is -0.562. The third-order valence-corrected chi connectivity index (χ3v) is 10.4. The van der Waals surface area contributed by atoms with Gasteiger partial charge in [0.15, 0.2) is 21.8 Å². The molecule has 0 saturated carbocycles. The lowest BCUT2D eigenvalue weighted by atomic mass is 9.99. The van der Waals surface area contributed by atoms with E-state index in [1.807, 2.05) is 13.8 Å². The highest BCUT2D eigenvalue weighted by Crippen LogP contribution is 2.29. The number of methoxy groups -OCH3 is 2. The van der Waals surface area contributed by atoms with Crippen LogP contribution in [0.25, 0.3) is 0 Å². The zero-order chi connectivity index (χ0) is 44.1. The normalized spacial score (nSPS) is 10.3. The molecule has 18 heteroatoms. The molecule has 0 fully saturated rings. The van der Waals surface area contributed by atoms with Crippen LogP contribution in [0.4, 0.5) is 31.2 Å². The van der Waals surface area contributed by atoms with Crippen molar-refractivity contribution in [2.24, 2.45) is 5.73 Å². The van der Waals surface area contributed by atoms with Crippen LogP contribution in [-0.2, 0) is 22.4 Å². The Morgan fingerprint density at radius 2 is 1.02 bits per heavy atom. The van der Waals surface area contributed by atoms with Crippen LogP contribution in [0.5, 0.6) is 11.5 Å². The van der Waals surface area contributed by atoms with Gasteiger partial charge in [0.2, 0.25) is 11.8 Å². The molecule has 6 rings (SSSR count). The van der Waals surface area contributed by atoms with Crippen molar-refractivity contribution < 1.29 is 38.2 Å². The van der Waals surface area contributed by atoms with Gasteiger partial charge in [-0.3, -0.25) is 29.8 Å². The molecule has 314 valence electrons. The number of aromatic nitrogens is 2. The highest BCUT2D eigenvalue weighted by Gasteiger charge is 2.21. The number of para-hydroxylation sites is 2. The van der Waals surface area contributed by atoms with Gasteiger partial charge in [-0.15, -0.1) is 22.7 Å². The molecular weight excluding hydrogens is 821 g/mol. The number of likely N-dealkylation sites (N-methyl/N-ethyl adjacent to an activating group) is 1. The van der Waals surface area contributed by atoms with E-state index in [9.17, 15) is 28.8 Å². The number of carbonyl (C=O) groups is 6. The van der Waals surface area contributed by atoms with E-state index in [2.05, 4.69) is 36.6 Å². The van der Waals surface area contributed by atoms with Gasteiger partial charge in [0.25, 0.3) is 0 Å². The summed E-state index contributed by atoms with van der Waals surface area (Å²) in [7, 11) is 4.55. The maximum Gasteiger partial charge on any atom is 0.325 e. The molecule has 0 aliphatic rings. The van der Waals surface area contributed by atoms with Crippen molar-refractivity contribution in [3.63, 3.8) is 0 Å². The SMILES string of the molecule is CNC(=O)Cc1cnc(NC(=O)Nc2ccc(C)cc2C(=O)c2ccccc2OC)s1.COc1ccccc1C(=O)c1cc(C)ccc1NC(=O)Nc1ncc(CC(N)=O)s1. The first-order valence-electron chi connectivity index (χ1n) is 18.4. The molecule has 0 aliphatic carbocycles. The van der Waals surface area contributed by atoms with Crippen LogP contribution in [0.2, 0.25) is 0 Å². The fourth-order valence-corrected chi connectivity index (χ4v) is 7.30. The fraction of sp³-hybridized carbons (Fsp3) is 0.163. The summed E-state index contributed by atoms with van der Waals surface area (Å²) < 4.78 is 10.6. The highest BCUT2D eigenvalue weighted by atomic mass is 32.1. The molecule has 0 atom stereocenters. The molecule has 0 unspecified atom stereocenters. The van der Waals surface area contributed by atoms with Gasteiger partial charge in [0, 0.05) is 40.3 Å². The number of nitrogens with one attached hydrogen (secondary N) is 5. The number of primary amides is 1. The average Bonchev–Trinajstić information content (AvgIpc) is 3.89. The summed E-state index contributed by atoms with van der Waals surface area (Å²) in [5.41, 5.74) is 9.10. The summed E-state index contributed by atoms with van der Waals surface area (Å²) in [5, 5.41) is 13.8. The summed E-state index contributed by atoms with van der Waals surface area (Å²) in [6.07, 6.45) is 3.26. The van der Waals surface area contributed by atoms with E-state index in [4.69, 9.17) is 15.2 Å². The largest absolute Gasteiger partial charge is 0.496 e. The zero-order valence-electron chi connectivity index (χ0n) is 33.7. The van der Waals surface area contributed by atoms with Crippen LogP contribution in [0.3, 0.4) is 0 Å². The molecule has 6 amide bonds. The fourth-order valence-electron chi connectivity index (χ4n) is 5.68. The van der Waals surface area contributed by atoms with Gasteiger partial charge in [0.1, 0.15) is 11.5 Å². The predicted octanol–water partition coefficient (Wildman–Crippen LogP) is 6.99. The number of aryl methyl sites for hydroxylation is 2. The Morgan fingerprint density at radius 3 is 1.43 bits per heavy atom. The van der Waals surface area contributed by atoms with E-state index < -0.39 is 18.0 Å². The second-order valence-corrected chi connectivity index (χ2v) is 15.3. The number of hydrogen-bond acceptors (Lipinski definition) is 12. The number of anilines is 4. The number of ketones is 2. The molecule has 0 spiro atoms. The number of carbonyl (C=O) groups excluding carboxylic acids is 6. The summed E-state index contributed by atoms with van der Waals surface area (Å²) in [5.74, 6) is -0.254. The average molecular weight is 863 g/mol. The van der Waals surface area contributed by atoms with Crippen molar-refractivity contribution in [1.82, 2.24) is 15.3 Å². The summed E-state index contributed by atoms with van der Waals surface area (Å²) >= 11 is 2.35. The number of rotatable bonds is 14. The van der Waals surface area contributed by atoms with Crippen LogP contribution in [0, 0.1) is 13.8 Å². The topological polar surface area (TPSA) is 233 Å². The number of urea groups is 2. The molecule has 2 heterocycles. The molecule has 0 radical (unpaired) electrons. The number of ether oxygens (including phenoxy) is 2. The first-order chi connectivity index (χ1) is 29.3. The van der Waals surface area contributed by atoms with Gasteiger partial charge in [-0.2, -0.15) is 0 Å². The molecule has 2 aromatic heterocycles. The quantitative estimate of drug-likeness (QED) is 0.0615. The second-order valence-electron chi connectivity index (χ2n) is 13.1. The second kappa shape index (κ2) is 21.0. The highest BCUT2D eigenvalue weighted by molar-refractivity contribution is 7.16. The van der Waals surface area contributed by atoms with Gasteiger partial charge < -0.3 is 31.2 Å². The van der Waals surface area contributed by atoms with Crippen LogP contribution >= 0.6 is 22.7 Å². The number of nitrogens with zero attached hydrogens (tertiary/aromatic N) is 2. The number of thiazole rings is 2. The van der Waals surface area contributed by atoms with Crippen molar-refractivity contribution in [2.45, 2.75) is 26.7 Å². The first kappa shape index (κ1) is 44.7. The first-order valence-corrected chi connectivity index (χ1v) is 20.0. The third kappa shape index (κ3) is 12.3. The lowest BCUT2D eigenvalue weighted by molar-refractivity contribution is -0.120. The Labute approximate surface area is 358 Å². The van der Waals surface area contributed by atoms with E-state index >= 15 is 0 Å². The van der Waals surface area contributed by atoms with E-state index in [0.29, 0.717) is 60.3 Å². The molecule has 4 aromatic carbocycles. The molecule has 61 heavy (non-hydrogen) atoms. The van der Waals surface area contributed by atoms with Crippen LogP contribution in [0.1, 0.15) is 52.7 Å². The van der Waals surface area contributed by atoms with Gasteiger partial charge in [-0.25, -0.2) is 19.6 Å². The Morgan fingerprint density at radius 1 is 0.590 bits per heavy atom. The molecule has 0 aliphatic heterocycles. The van der Waals surface area contributed by atoms with E-state index in [1.165, 1.54) is 38.0 Å². The Balaban J connectivity index is 0.000000231. The Kier molecular flexibility index (Phi) is 15.4. The maximum atomic E-state index is 13.2. The van der Waals surface area contributed by atoms with Crippen molar-refractivity contribution in [3.05, 3.63) is 140 Å². The van der Waals surface area contributed by atoms with E-state index in [0.717, 1.165) is 27.3 Å². The minimum absolute atomic E-state index is 0.0521. The molecule has 7 N–H and O–H groups in total.